The largest absolute Gasteiger partial charge is 0.372 e. The molecule has 0 radical (unpaired) electrons. The van der Waals surface area contributed by atoms with E-state index in [1.54, 1.807) is 0 Å². The second-order valence-corrected chi connectivity index (χ2v) is 17.7. The summed E-state index contributed by atoms with van der Waals surface area (Å²) in [6.07, 6.45) is 11.8. The highest BCUT2D eigenvalue weighted by molar-refractivity contribution is 6.10. The van der Waals surface area contributed by atoms with Crippen molar-refractivity contribution in [1.82, 2.24) is 9.97 Å². The molecule has 0 amide bonds. The molecule has 8 heterocycles. The van der Waals surface area contributed by atoms with Crippen LogP contribution in [0.4, 0.5) is 34.1 Å². The summed E-state index contributed by atoms with van der Waals surface area (Å²) in [5.41, 5.74) is 26.9. The summed E-state index contributed by atoms with van der Waals surface area (Å²) in [5, 5.41) is 0. The fourth-order valence-electron chi connectivity index (χ4n) is 9.65. The Hall–Kier alpha value is -6.58. The molecular formula is C53H51N9. The first-order chi connectivity index (χ1) is 30.5. The van der Waals surface area contributed by atoms with E-state index in [4.69, 9.17) is 25.7 Å². The number of anilines is 2. The second-order valence-electron chi connectivity index (χ2n) is 17.7. The van der Waals surface area contributed by atoms with Gasteiger partial charge in [-0.3, -0.25) is 29.9 Å². The van der Waals surface area contributed by atoms with E-state index in [1.807, 2.05) is 48.8 Å². The van der Waals surface area contributed by atoms with E-state index < -0.39 is 0 Å². The summed E-state index contributed by atoms with van der Waals surface area (Å²) in [6, 6.07) is 38.9. The van der Waals surface area contributed by atoms with Gasteiger partial charge in [0.05, 0.1) is 57.0 Å². The van der Waals surface area contributed by atoms with Crippen molar-refractivity contribution >= 4 is 57.0 Å². The second kappa shape index (κ2) is 16.4. The molecule has 6 aliphatic rings. The van der Waals surface area contributed by atoms with Crippen molar-refractivity contribution in [3.05, 3.63) is 166 Å². The van der Waals surface area contributed by atoms with Crippen LogP contribution in [0.2, 0.25) is 0 Å². The molecule has 9 nitrogen and oxygen atoms in total. The molecule has 308 valence electrons. The van der Waals surface area contributed by atoms with Gasteiger partial charge in [0.2, 0.25) is 0 Å². The summed E-state index contributed by atoms with van der Waals surface area (Å²) in [4.78, 5) is 33.4. The van der Waals surface area contributed by atoms with Gasteiger partial charge in [0, 0.05) is 81.7 Å². The Morgan fingerprint density at radius 3 is 1.31 bits per heavy atom. The quantitative estimate of drug-likeness (QED) is 0.180. The Morgan fingerprint density at radius 2 is 0.855 bits per heavy atom. The van der Waals surface area contributed by atoms with E-state index in [0.29, 0.717) is 6.04 Å². The molecule has 62 heavy (non-hydrogen) atoms. The van der Waals surface area contributed by atoms with Crippen LogP contribution >= 0.6 is 0 Å². The summed E-state index contributed by atoms with van der Waals surface area (Å²) >= 11 is 0. The van der Waals surface area contributed by atoms with Gasteiger partial charge < -0.3 is 15.5 Å². The minimum atomic E-state index is 0.350. The number of nitrogens with two attached hydrogens (primary N) is 1. The van der Waals surface area contributed by atoms with Crippen LogP contribution in [0.25, 0.3) is 0 Å². The Kier molecular flexibility index (Phi) is 10.1. The van der Waals surface area contributed by atoms with Gasteiger partial charge in [0.1, 0.15) is 0 Å². The molecule has 2 fully saturated rings. The van der Waals surface area contributed by atoms with E-state index in [0.717, 1.165) is 128 Å². The lowest BCUT2D eigenvalue weighted by molar-refractivity contribution is 0.438. The molecule has 0 unspecified atom stereocenters. The predicted molar refractivity (Wildman–Crippen MR) is 254 cm³/mol. The Morgan fingerprint density at radius 1 is 0.452 bits per heavy atom. The number of aromatic nitrogens is 2. The van der Waals surface area contributed by atoms with Gasteiger partial charge in [-0.15, -0.1) is 0 Å². The van der Waals surface area contributed by atoms with Gasteiger partial charge in [0.25, 0.3) is 0 Å². The molecule has 0 aliphatic carbocycles. The zero-order chi connectivity index (χ0) is 41.6. The standard InChI is InChI=1S/C27H26N4.C26H25N5/c1-18-9-12-31(13-10-18)22-6-8-24-21(15-22)16-26(29-24)19-5-7-23-20(14-19)17-27(30-23)25-4-2-3-11-28-25;27-20-8-11-31(12-9-20)21-5-7-23-19(14-21)15-25(29-23)17-4-6-22-18(13-17)16-26(30-22)24-3-1-2-10-28-24/h2-8,11,14-15,18H,9-10,12-13,16-17H2,1H3;1-7,10,13-14,20H,8-9,11-12,15-16,27H2. The van der Waals surface area contributed by atoms with Gasteiger partial charge in [-0.2, -0.15) is 0 Å². The Balaban J connectivity index is 0.000000139. The Bertz CT molecular complexity index is 2600. The SMILES string of the molecule is CC1CCN(c2ccc3c(c2)CC(c2ccc4c(c2)CC(c2ccccn2)=N4)=N3)CC1.NC1CCN(c2ccc3c(c2)CC(c2ccc4c(c2)CC(c2ccccn2)=N4)=N3)CC1. The molecule has 9 heteroatoms. The number of hydrogen-bond acceptors (Lipinski definition) is 9. The van der Waals surface area contributed by atoms with Crippen molar-refractivity contribution in [1.29, 1.82) is 0 Å². The lowest BCUT2D eigenvalue weighted by atomic mass is 9.97. The van der Waals surface area contributed by atoms with E-state index in [9.17, 15) is 0 Å². The first-order valence-electron chi connectivity index (χ1n) is 22.4. The molecule has 0 bridgehead atoms. The number of rotatable bonds is 6. The first kappa shape index (κ1) is 38.3. The Labute approximate surface area is 364 Å². The molecule has 2 aromatic heterocycles. The van der Waals surface area contributed by atoms with Crippen LogP contribution < -0.4 is 15.5 Å². The van der Waals surface area contributed by atoms with E-state index in [-0.39, 0.29) is 0 Å². The maximum Gasteiger partial charge on any atom is 0.0848 e. The monoisotopic (exact) mass is 813 g/mol. The molecule has 0 atom stereocenters. The molecule has 6 aliphatic heterocycles. The van der Waals surface area contributed by atoms with E-state index >= 15 is 0 Å². The highest BCUT2D eigenvalue weighted by atomic mass is 15.1. The van der Waals surface area contributed by atoms with Crippen molar-refractivity contribution in [3.63, 3.8) is 0 Å². The topological polar surface area (TPSA) is 108 Å². The highest BCUT2D eigenvalue weighted by Crippen LogP contribution is 2.38. The van der Waals surface area contributed by atoms with E-state index in [1.165, 1.54) is 57.6 Å². The minimum absolute atomic E-state index is 0.350. The van der Waals surface area contributed by atoms with Crippen molar-refractivity contribution < 1.29 is 0 Å². The molecule has 2 N–H and O–H groups in total. The lowest BCUT2D eigenvalue weighted by Crippen LogP contribution is -2.39. The first-order valence-corrected chi connectivity index (χ1v) is 22.4. The zero-order valence-electron chi connectivity index (χ0n) is 35.3. The molecule has 4 aromatic carbocycles. The maximum absolute atomic E-state index is 6.07. The average molecular weight is 814 g/mol. The van der Waals surface area contributed by atoms with Crippen LogP contribution in [0, 0.1) is 5.92 Å². The van der Waals surface area contributed by atoms with E-state index in [2.05, 4.69) is 99.5 Å². The smallest absolute Gasteiger partial charge is 0.0848 e. The fraction of sp³-hybridized carbons (Fsp3) is 0.283. The number of hydrogen-bond donors (Lipinski definition) is 1. The third kappa shape index (κ3) is 7.77. The summed E-state index contributed by atoms with van der Waals surface area (Å²) < 4.78 is 0. The normalized spacial score (nSPS) is 17.9. The molecule has 0 saturated carbocycles. The average Bonchev–Trinajstić information content (AvgIpc) is 4.14. The number of piperidine rings is 2. The molecule has 0 spiro atoms. The van der Waals surface area contributed by atoms with Crippen LogP contribution in [-0.4, -0.2) is 65.0 Å². The summed E-state index contributed by atoms with van der Waals surface area (Å²) in [6.45, 7) is 6.77. The van der Waals surface area contributed by atoms with Crippen LogP contribution in [-0.2, 0) is 25.7 Å². The van der Waals surface area contributed by atoms with Gasteiger partial charge >= 0.3 is 0 Å². The maximum atomic E-state index is 6.07. The molecule has 12 rings (SSSR count). The van der Waals surface area contributed by atoms with Crippen LogP contribution in [0.15, 0.2) is 142 Å². The third-order valence-electron chi connectivity index (χ3n) is 13.4. The van der Waals surface area contributed by atoms with Crippen molar-refractivity contribution in [3.8, 4) is 0 Å². The molecule has 2 saturated heterocycles. The number of fused-ring (bicyclic) bond motifs is 4. The minimum Gasteiger partial charge on any atom is -0.372 e. The molecule has 6 aromatic rings. The van der Waals surface area contributed by atoms with Gasteiger partial charge in [-0.1, -0.05) is 31.2 Å². The third-order valence-corrected chi connectivity index (χ3v) is 13.4. The summed E-state index contributed by atoms with van der Waals surface area (Å²) in [7, 11) is 0. The zero-order valence-corrected chi connectivity index (χ0v) is 35.3. The van der Waals surface area contributed by atoms with Gasteiger partial charge in [0.15, 0.2) is 0 Å². The lowest BCUT2D eigenvalue weighted by Gasteiger charge is -2.32. The fourth-order valence-corrected chi connectivity index (χ4v) is 9.65. The summed E-state index contributed by atoms with van der Waals surface area (Å²) in [5.74, 6) is 0.850. The van der Waals surface area contributed by atoms with Gasteiger partial charge in [-0.25, -0.2) is 0 Å². The van der Waals surface area contributed by atoms with Crippen molar-refractivity contribution in [2.45, 2.75) is 64.3 Å². The van der Waals surface area contributed by atoms with Crippen LogP contribution in [0.5, 0.6) is 0 Å². The van der Waals surface area contributed by atoms with Gasteiger partial charge in [-0.05, 0) is 150 Å². The number of pyridine rings is 2. The highest BCUT2D eigenvalue weighted by Gasteiger charge is 2.25. The number of aliphatic imine (C=N–C) groups is 4. The van der Waals surface area contributed by atoms with Crippen LogP contribution in [0.3, 0.4) is 0 Å². The molecular weight excluding hydrogens is 763 g/mol. The van der Waals surface area contributed by atoms with Crippen molar-refractivity contribution in [2.75, 3.05) is 36.0 Å². The van der Waals surface area contributed by atoms with Crippen molar-refractivity contribution in [2.24, 2.45) is 31.6 Å². The number of nitrogens with zero attached hydrogens (tertiary/aromatic N) is 8. The number of benzene rings is 4. The van der Waals surface area contributed by atoms with Crippen LogP contribution in [0.1, 0.15) is 77.4 Å². The predicted octanol–water partition coefficient (Wildman–Crippen LogP) is 10.0.